The Hall–Kier alpha value is -3.37. The van der Waals surface area contributed by atoms with Crippen LogP contribution in [0.4, 0.5) is 13.2 Å². The molecule has 0 unspecified atom stereocenters. The number of imidazole rings is 1. The molecular weight excluding hydrogens is 493 g/mol. The molecule has 6 rings (SSSR count). The van der Waals surface area contributed by atoms with Crippen LogP contribution in [-0.2, 0) is 32.2 Å². The molecular formula is C28H31F3N6O. The Kier molecular flexibility index (Phi) is 6.61. The van der Waals surface area contributed by atoms with Gasteiger partial charge in [-0.2, -0.15) is 18.3 Å². The van der Waals surface area contributed by atoms with Gasteiger partial charge in [-0.15, -0.1) is 0 Å². The highest BCUT2D eigenvalue weighted by molar-refractivity contribution is 5.76. The molecule has 200 valence electrons. The van der Waals surface area contributed by atoms with Gasteiger partial charge in [0.05, 0.1) is 22.3 Å². The predicted molar refractivity (Wildman–Crippen MR) is 140 cm³/mol. The summed E-state index contributed by atoms with van der Waals surface area (Å²) in [6.45, 7) is 4.49. The molecule has 2 aromatic carbocycles. The second-order valence-corrected chi connectivity index (χ2v) is 10.1. The number of aryl methyl sites for hydroxylation is 2. The van der Waals surface area contributed by atoms with Crippen LogP contribution in [0, 0.1) is 0 Å². The van der Waals surface area contributed by atoms with Crippen molar-refractivity contribution in [3.05, 3.63) is 75.8 Å². The van der Waals surface area contributed by atoms with E-state index in [4.69, 9.17) is 5.10 Å². The fourth-order valence-corrected chi connectivity index (χ4v) is 5.90. The van der Waals surface area contributed by atoms with E-state index in [0.29, 0.717) is 31.6 Å². The number of hydrogen-bond acceptors (Lipinski definition) is 4. The van der Waals surface area contributed by atoms with Crippen molar-refractivity contribution in [2.75, 3.05) is 19.6 Å². The molecule has 0 bridgehead atoms. The largest absolute Gasteiger partial charge is 0.416 e. The highest BCUT2D eigenvalue weighted by Gasteiger charge is 2.30. The van der Waals surface area contributed by atoms with Crippen molar-refractivity contribution in [1.82, 2.24) is 29.5 Å². The molecule has 1 saturated heterocycles. The van der Waals surface area contributed by atoms with Gasteiger partial charge in [-0.1, -0.05) is 24.3 Å². The van der Waals surface area contributed by atoms with Crippen LogP contribution in [0.2, 0.25) is 0 Å². The minimum Gasteiger partial charge on any atom is -0.317 e. The van der Waals surface area contributed by atoms with Crippen molar-refractivity contribution in [2.45, 2.75) is 57.5 Å². The third-order valence-corrected chi connectivity index (χ3v) is 7.79. The maximum atomic E-state index is 13.5. The fraction of sp³-hybridized carbons (Fsp3) is 0.429. The monoisotopic (exact) mass is 524 g/mol. The van der Waals surface area contributed by atoms with Gasteiger partial charge in [0, 0.05) is 55.5 Å². The van der Waals surface area contributed by atoms with Gasteiger partial charge in [0.15, 0.2) is 0 Å². The highest BCUT2D eigenvalue weighted by Crippen LogP contribution is 2.33. The van der Waals surface area contributed by atoms with E-state index in [-0.39, 0.29) is 11.7 Å². The summed E-state index contributed by atoms with van der Waals surface area (Å²) in [7, 11) is 0. The third kappa shape index (κ3) is 4.56. The predicted octanol–water partition coefficient (Wildman–Crippen LogP) is 4.35. The van der Waals surface area contributed by atoms with Gasteiger partial charge in [0.1, 0.15) is 0 Å². The molecule has 0 saturated carbocycles. The van der Waals surface area contributed by atoms with E-state index in [0.717, 1.165) is 79.0 Å². The van der Waals surface area contributed by atoms with E-state index >= 15 is 0 Å². The van der Waals surface area contributed by atoms with E-state index in [1.165, 1.54) is 12.1 Å². The minimum absolute atomic E-state index is 0.0373. The number of alkyl halides is 3. The second kappa shape index (κ2) is 10.1. The van der Waals surface area contributed by atoms with Crippen LogP contribution in [0.5, 0.6) is 0 Å². The summed E-state index contributed by atoms with van der Waals surface area (Å²) in [4.78, 5) is 13.5. The van der Waals surface area contributed by atoms with Crippen molar-refractivity contribution in [1.29, 1.82) is 0 Å². The van der Waals surface area contributed by atoms with Crippen molar-refractivity contribution < 1.29 is 13.2 Å². The van der Waals surface area contributed by atoms with Crippen LogP contribution in [0.1, 0.15) is 42.1 Å². The Labute approximate surface area is 218 Å². The molecule has 4 heterocycles. The number of halogens is 3. The van der Waals surface area contributed by atoms with E-state index < -0.39 is 11.7 Å². The number of hydrogen-bond donors (Lipinski definition) is 2. The number of fused-ring (bicyclic) bond motifs is 2. The lowest BCUT2D eigenvalue weighted by atomic mass is 10.0. The summed E-state index contributed by atoms with van der Waals surface area (Å²) >= 11 is 0. The zero-order valence-electron chi connectivity index (χ0n) is 21.1. The first-order valence-electron chi connectivity index (χ1n) is 13.3. The molecule has 38 heavy (non-hydrogen) atoms. The van der Waals surface area contributed by atoms with Crippen LogP contribution in [0.15, 0.2) is 53.3 Å². The molecule has 0 atom stereocenters. The van der Waals surface area contributed by atoms with Gasteiger partial charge in [0.2, 0.25) is 0 Å². The lowest BCUT2D eigenvalue weighted by Crippen LogP contribution is -2.35. The van der Waals surface area contributed by atoms with Gasteiger partial charge in [-0.3, -0.25) is 13.8 Å². The maximum absolute atomic E-state index is 13.5. The highest BCUT2D eigenvalue weighted by atomic mass is 19.4. The molecule has 0 amide bonds. The van der Waals surface area contributed by atoms with Crippen molar-refractivity contribution in [2.24, 2.45) is 0 Å². The van der Waals surface area contributed by atoms with Crippen LogP contribution in [0.25, 0.3) is 22.3 Å². The molecule has 0 aliphatic carbocycles. The Morgan fingerprint density at radius 1 is 0.921 bits per heavy atom. The summed E-state index contributed by atoms with van der Waals surface area (Å²) in [5, 5.41) is 11.6. The molecule has 2 aromatic heterocycles. The SMILES string of the molecule is O=c1n(CCCn2nc(-c3ccc(C(F)(F)F)cc3)c3c2CCNC3)c2ccccc2n1C1CCNCC1. The standard InChI is InChI=1S/C28H31F3N6O/c29-28(30,31)20-8-6-19(7-9-20)26-22-18-33-15-12-23(22)36(34-26)17-3-16-35-24-4-1-2-5-25(24)37(27(35)38)21-10-13-32-14-11-21/h1-2,4-9,21,32-33H,3,10-18H2. The molecule has 2 aliphatic heterocycles. The smallest absolute Gasteiger partial charge is 0.317 e. The summed E-state index contributed by atoms with van der Waals surface area (Å²) in [6.07, 6.45) is -0.970. The number of nitrogens with one attached hydrogen (secondary N) is 2. The number of aromatic nitrogens is 4. The van der Waals surface area contributed by atoms with Crippen molar-refractivity contribution in [3.8, 4) is 11.3 Å². The van der Waals surface area contributed by atoms with Crippen molar-refractivity contribution >= 4 is 11.0 Å². The third-order valence-electron chi connectivity index (χ3n) is 7.79. The van der Waals surface area contributed by atoms with E-state index in [1.54, 1.807) is 0 Å². The van der Waals surface area contributed by atoms with E-state index in [9.17, 15) is 18.0 Å². The Morgan fingerprint density at radius 3 is 2.39 bits per heavy atom. The van der Waals surface area contributed by atoms with Crippen molar-refractivity contribution in [3.63, 3.8) is 0 Å². The fourth-order valence-electron chi connectivity index (χ4n) is 5.90. The molecule has 4 aromatic rings. The lowest BCUT2D eigenvalue weighted by Gasteiger charge is -2.23. The molecule has 10 heteroatoms. The quantitative estimate of drug-likeness (QED) is 0.394. The van der Waals surface area contributed by atoms with E-state index in [2.05, 4.69) is 10.6 Å². The molecule has 1 fully saturated rings. The summed E-state index contributed by atoms with van der Waals surface area (Å²) in [6, 6.07) is 13.4. The van der Waals surface area contributed by atoms with Crippen LogP contribution in [0.3, 0.4) is 0 Å². The number of nitrogens with zero attached hydrogens (tertiary/aromatic N) is 4. The average molecular weight is 525 g/mol. The second-order valence-electron chi connectivity index (χ2n) is 10.1. The van der Waals surface area contributed by atoms with E-state index in [1.807, 2.05) is 38.1 Å². The number of benzene rings is 2. The summed E-state index contributed by atoms with van der Waals surface area (Å²) in [5.41, 5.74) is 4.86. The molecule has 2 N–H and O–H groups in total. The lowest BCUT2D eigenvalue weighted by molar-refractivity contribution is -0.137. The van der Waals surface area contributed by atoms with Gasteiger partial charge in [-0.25, -0.2) is 4.79 Å². The summed E-state index contributed by atoms with van der Waals surface area (Å²) < 4.78 is 45.0. The molecule has 2 aliphatic rings. The van der Waals surface area contributed by atoms with Crippen LogP contribution >= 0.6 is 0 Å². The van der Waals surface area contributed by atoms with Gasteiger partial charge in [-0.05, 0) is 56.6 Å². The normalized spacial score (nSPS) is 16.7. The van der Waals surface area contributed by atoms with Crippen LogP contribution < -0.4 is 16.3 Å². The first-order valence-corrected chi connectivity index (χ1v) is 13.3. The molecule has 0 radical (unpaired) electrons. The number of para-hydroxylation sites is 2. The van der Waals surface area contributed by atoms with Gasteiger partial charge >= 0.3 is 11.9 Å². The first kappa shape index (κ1) is 24.9. The Morgan fingerprint density at radius 2 is 1.66 bits per heavy atom. The molecule has 0 spiro atoms. The average Bonchev–Trinajstić information content (AvgIpc) is 3.44. The van der Waals surface area contributed by atoms with Gasteiger partial charge in [0.25, 0.3) is 0 Å². The number of rotatable bonds is 6. The Bertz CT molecular complexity index is 1490. The van der Waals surface area contributed by atoms with Gasteiger partial charge < -0.3 is 10.6 Å². The maximum Gasteiger partial charge on any atom is 0.416 e. The Balaban J connectivity index is 1.26. The molecule has 7 nitrogen and oxygen atoms in total. The summed E-state index contributed by atoms with van der Waals surface area (Å²) in [5.74, 6) is 0. The zero-order chi connectivity index (χ0) is 26.3. The van der Waals surface area contributed by atoms with Crippen LogP contribution in [-0.4, -0.2) is 38.5 Å². The topological polar surface area (TPSA) is 68.8 Å². The minimum atomic E-state index is -4.37. The first-order chi connectivity index (χ1) is 18.4. The number of piperidine rings is 1. The zero-order valence-corrected chi connectivity index (χ0v) is 21.1.